The molecule has 0 spiro atoms. The van der Waals surface area contributed by atoms with Crippen LogP contribution in [-0.4, -0.2) is 25.2 Å². The van der Waals surface area contributed by atoms with Gasteiger partial charge in [-0.25, -0.2) is 4.79 Å². The lowest BCUT2D eigenvalue weighted by Crippen LogP contribution is -2.16. The SMILES string of the molecule is CC(=O)Nc1ccc2c(c1)c(=O)oc1cc(OCC3CCCO3)ccc12. The first-order valence-electron chi connectivity index (χ1n) is 8.63. The van der Waals surface area contributed by atoms with E-state index in [2.05, 4.69) is 5.32 Å². The second-order valence-corrected chi connectivity index (χ2v) is 6.44. The molecule has 0 radical (unpaired) electrons. The molecule has 1 aromatic heterocycles. The van der Waals surface area contributed by atoms with E-state index in [1.54, 1.807) is 18.2 Å². The van der Waals surface area contributed by atoms with Crippen molar-refractivity contribution in [1.82, 2.24) is 0 Å². The van der Waals surface area contributed by atoms with Crippen LogP contribution in [-0.2, 0) is 9.53 Å². The third-order valence-corrected chi connectivity index (χ3v) is 4.47. The van der Waals surface area contributed by atoms with E-state index in [1.165, 1.54) is 6.92 Å². The molecule has 1 N–H and O–H groups in total. The molecule has 2 aromatic carbocycles. The Kier molecular flexibility index (Phi) is 4.34. The Balaban J connectivity index is 1.69. The molecule has 3 aromatic rings. The molecule has 1 aliphatic rings. The number of fused-ring (bicyclic) bond motifs is 3. The number of hydrogen-bond donors (Lipinski definition) is 1. The highest BCUT2D eigenvalue weighted by molar-refractivity contribution is 6.06. The van der Waals surface area contributed by atoms with E-state index in [0.717, 1.165) is 30.2 Å². The second-order valence-electron chi connectivity index (χ2n) is 6.44. The van der Waals surface area contributed by atoms with Gasteiger partial charge in [0.2, 0.25) is 5.91 Å². The molecule has 1 aliphatic heterocycles. The van der Waals surface area contributed by atoms with Crippen LogP contribution in [0.1, 0.15) is 19.8 Å². The largest absolute Gasteiger partial charge is 0.491 e. The fourth-order valence-corrected chi connectivity index (χ4v) is 3.25. The van der Waals surface area contributed by atoms with Crippen LogP contribution in [0.15, 0.2) is 45.6 Å². The van der Waals surface area contributed by atoms with Crippen LogP contribution in [0, 0.1) is 0 Å². The zero-order valence-corrected chi connectivity index (χ0v) is 14.4. The number of benzene rings is 2. The topological polar surface area (TPSA) is 77.8 Å². The summed E-state index contributed by atoms with van der Waals surface area (Å²) in [6.07, 6.45) is 2.19. The zero-order valence-electron chi connectivity index (χ0n) is 14.4. The first-order valence-corrected chi connectivity index (χ1v) is 8.63. The number of ether oxygens (including phenoxy) is 2. The summed E-state index contributed by atoms with van der Waals surface area (Å²) in [5.74, 6) is 0.452. The molecule has 2 heterocycles. The lowest BCUT2D eigenvalue weighted by Gasteiger charge is -2.12. The van der Waals surface area contributed by atoms with E-state index >= 15 is 0 Å². The molecule has 4 rings (SSSR count). The van der Waals surface area contributed by atoms with Gasteiger partial charge in [0.25, 0.3) is 0 Å². The maximum atomic E-state index is 12.4. The van der Waals surface area contributed by atoms with E-state index < -0.39 is 5.63 Å². The minimum Gasteiger partial charge on any atom is -0.491 e. The van der Waals surface area contributed by atoms with Gasteiger partial charge < -0.3 is 19.2 Å². The van der Waals surface area contributed by atoms with E-state index in [-0.39, 0.29) is 12.0 Å². The standard InChI is InChI=1S/C20H19NO5/c1-12(22)21-13-4-6-16-17-7-5-14(25-11-15-3-2-8-24-15)10-19(17)26-20(23)18(16)9-13/h4-7,9-10,15H,2-3,8,11H2,1H3,(H,21,22). The van der Waals surface area contributed by atoms with Crippen LogP contribution >= 0.6 is 0 Å². The second kappa shape index (κ2) is 6.80. The summed E-state index contributed by atoms with van der Waals surface area (Å²) in [5, 5.41) is 4.69. The minimum absolute atomic E-state index is 0.126. The van der Waals surface area contributed by atoms with E-state index in [9.17, 15) is 9.59 Å². The Morgan fingerprint density at radius 2 is 2.04 bits per heavy atom. The quantitative estimate of drug-likeness (QED) is 0.574. The fraction of sp³-hybridized carbons (Fsp3) is 0.300. The Labute approximate surface area is 149 Å². The van der Waals surface area contributed by atoms with E-state index in [4.69, 9.17) is 13.9 Å². The maximum absolute atomic E-state index is 12.4. The van der Waals surface area contributed by atoms with Gasteiger partial charge in [0.1, 0.15) is 17.9 Å². The molecular weight excluding hydrogens is 334 g/mol. The number of amides is 1. The molecule has 1 atom stereocenters. The molecule has 134 valence electrons. The number of rotatable bonds is 4. The number of hydrogen-bond acceptors (Lipinski definition) is 5. The van der Waals surface area contributed by atoms with E-state index in [0.29, 0.717) is 29.0 Å². The van der Waals surface area contributed by atoms with Gasteiger partial charge in [0.15, 0.2) is 0 Å². The van der Waals surface area contributed by atoms with Crippen molar-refractivity contribution >= 4 is 33.3 Å². The van der Waals surface area contributed by atoms with Crippen molar-refractivity contribution < 1.29 is 18.7 Å². The Hall–Kier alpha value is -2.86. The van der Waals surface area contributed by atoms with Gasteiger partial charge in [-0.1, -0.05) is 6.07 Å². The number of anilines is 1. The van der Waals surface area contributed by atoms with Gasteiger partial charge in [0.05, 0.1) is 11.5 Å². The molecule has 0 aliphatic carbocycles. The van der Waals surface area contributed by atoms with Crippen LogP contribution in [0.3, 0.4) is 0 Å². The van der Waals surface area contributed by atoms with Crippen LogP contribution in [0.25, 0.3) is 21.7 Å². The normalized spacial score (nSPS) is 16.9. The minimum atomic E-state index is -0.448. The number of carbonyl (C=O) groups excluding carboxylic acids is 1. The van der Waals surface area contributed by atoms with E-state index in [1.807, 2.05) is 18.2 Å². The highest BCUT2D eigenvalue weighted by atomic mass is 16.5. The van der Waals surface area contributed by atoms with Gasteiger partial charge in [-0.05, 0) is 37.1 Å². The van der Waals surface area contributed by atoms with Gasteiger partial charge >= 0.3 is 5.63 Å². The van der Waals surface area contributed by atoms with Gasteiger partial charge in [-0.3, -0.25) is 4.79 Å². The predicted molar refractivity (Wildman–Crippen MR) is 98.8 cm³/mol. The summed E-state index contributed by atoms with van der Waals surface area (Å²) in [7, 11) is 0. The molecule has 1 amide bonds. The van der Waals surface area contributed by atoms with Crippen LogP contribution in [0.2, 0.25) is 0 Å². The monoisotopic (exact) mass is 353 g/mol. The summed E-state index contributed by atoms with van der Waals surface area (Å²) < 4.78 is 16.8. The zero-order chi connectivity index (χ0) is 18.1. The van der Waals surface area contributed by atoms with Gasteiger partial charge in [-0.2, -0.15) is 0 Å². The molecule has 6 nitrogen and oxygen atoms in total. The predicted octanol–water partition coefficient (Wildman–Crippen LogP) is 3.46. The van der Waals surface area contributed by atoms with Gasteiger partial charge in [-0.15, -0.1) is 0 Å². The highest BCUT2D eigenvalue weighted by Gasteiger charge is 2.16. The lowest BCUT2D eigenvalue weighted by atomic mass is 10.1. The van der Waals surface area contributed by atoms with Crippen molar-refractivity contribution in [3.63, 3.8) is 0 Å². The summed E-state index contributed by atoms with van der Waals surface area (Å²) in [6, 6.07) is 10.7. The summed E-state index contributed by atoms with van der Waals surface area (Å²) in [6.45, 7) is 2.70. The van der Waals surface area contributed by atoms with Crippen molar-refractivity contribution in [2.75, 3.05) is 18.5 Å². The number of nitrogens with one attached hydrogen (secondary N) is 1. The molecule has 1 unspecified atom stereocenters. The fourth-order valence-electron chi connectivity index (χ4n) is 3.25. The maximum Gasteiger partial charge on any atom is 0.344 e. The first kappa shape index (κ1) is 16.6. The first-order chi connectivity index (χ1) is 12.6. The van der Waals surface area contributed by atoms with Crippen molar-refractivity contribution in [3.05, 3.63) is 46.8 Å². The van der Waals surface area contributed by atoms with Crippen molar-refractivity contribution in [2.24, 2.45) is 0 Å². The van der Waals surface area contributed by atoms with Crippen molar-refractivity contribution in [2.45, 2.75) is 25.9 Å². The molecule has 0 saturated carbocycles. The molecule has 26 heavy (non-hydrogen) atoms. The third-order valence-electron chi connectivity index (χ3n) is 4.47. The van der Waals surface area contributed by atoms with Crippen LogP contribution in [0.5, 0.6) is 5.75 Å². The molecule has 1 saturated heterocycles. The van der Waals surface area contributed by atoms with Crippen molar-refractivity contribution in [1.29, 1.82) is 0 Å². The number of carbonyl (C=O) groups is 1. The molecule has 1 fully saturated rings. The molecule has 6 heteroatoms. The third kappa shape index (κ3) is 3.28. The average Bonchev–Trinajstić information content (AvgIpc) is 3.13. The van der Waals surface area contributed by atoms with Crippen LogP contribution in [0.4, 0.5) is 5.69 Å². The highest BCUT2D eigenvalue weighted by Crippen LogP contribution is 2.28. The lowest BCUT2D eigenvalue weighted by molar-refractivity contribution is -0.114. The molecule has 0 bridgehead atoms. The Morgan fingerprint density at radius 3 is 2.81 bits per heavy atom. The van der Waals surface area contributed by atoms with Gasteiger partial charge in [0, 0.05) is 36.1 Å². The van der Waals surface area contributed by atoms with Crippen molar-refractivity contribution in [3.8, 4) is 5.75 Å². The average molecular weight is 353 g/mol. The van der Waals surface area contributed by atoms with Crippen LogP contribution < -0.4 is 15.7 Å². The smallest absolute Gasteiger partial charge is 0.344 e. The summed E-state index contributed by atoms with van der Waals surface area (Å²) in [4.78, 5) is 23.6. The Morgan fingerprint density at radius 1 is 1.19 bits per heavy atom. The summed E-state index contributed by atoms with van der Waals surface area (Å²) >= 11 is 0. The Bertz CT molecular complexity index is 1030. The summed E-state index contributed by atoms with van der Waals surface area (Å²) in [5.41, 5.74) is 0.587. The molecular formula is C20H19NO5.